The van der Waals surface area contributed by atoms with Crippen molar-refractivity contribution in [1.82, 2.24) is 4.90 Å². The first-order valence-electron chi connectivity index (χ1n) is 4.83. The third-order valence-corrected chi connectivity index (χ3v) is 2.29. The van der Waals surface area contributed by atoms with Crippen molar-refractivity contribution in [2.24, 2.45) is 0 Å². The second-order valence-electron chi connectivity index (χ2n) is 3.12. The molecule has 0 spiro atoms. The summed E-state index contributed by atoms with van der Waals surface area (Å²) in [6, 6.07) is 1.53. The number of hydrogen-bond acceptors (Lipinski definition) is 3. The Balaban J connectivity index is 2.76. The van der Waals surface area contributed by atoms with Crippen LogP contribution in [-0.2, 0) is 0 Å². The van der Waals surface area contributed by atoms with Crippen LogP contribution in [-0.4, -0.2) is 35.6 Å². The van der Waals surface area contributed by atoms with Crippen molar-refractivity contribution in [3.63, 3.8) is 0 Å². The fourth-order valence-electron chi connectivity index (χ4n) is 1.32. The molecule has 0 radical (unpaired) electrons. The molecule has 1 aromatic rings. The van der Waals surface area contributed by atoms with Gasteiger partial charge in [-0.1, -0.05) is 6.92 Å². The van der Waals surface area contributed by atoms with E-state index in [2.05, 4.69) is 0 Å². The molecule has 4 nitrogen and oxygen atoms in total. The second kappa shape index (κ2) is 5.78. The molecule has 1 amide bonds. The van der Waals surface area contributed by atoms with Gasteiger partial charge in [-0.25, -0.2) is 0 Å². The predicted octanol–water partition coefficient (Wildman–Crippen LogP) is 1.78. The van der Waals surface area contributed by atoms with Crippen LogP contribution in [0.3, 0.4) is 0 Å². The van der Waals surface area contributed by atoms with E-state index in [9.17, 15) is 4.79 Å². The lowest BCUT2D eigenvalue weighted by Gasteiger charge is -2.20. The molecular formula is C10H14ClNO3. The van der Waals surface area contributed by atoms with Gasteiger partial charge < -0.3 is 14.4 Å². The maximum absolute atomic E-state index is 11.9. The quantitative estimate of drug-likeness (QED) is 0.841. The van der Waals surface area contributed by atoms with Gasteiger partial charge >= 0.3 is 0 Å². The lowest BCUT2D eigenvalue weighted by atomic mass is 10.2. The van der Waals surface area contributed by atoms with Gasteiger partial charge in [-0.3, -0.25) is 4.79 Å². The van der Waals surface area contributed by atoms with E-state index in [1.165, 1.54) is 12.3 Å². The van der Waals surface area contributed by atoms with Crippen molar-refractivity contribution >= 4 is 17.5 Å². The highest BCUT2D eigenvalue weighted by Gasteiger charge is 2.19. The molecule has 0 aliphatic heterocycles. The lowest BCUT2D eigenvalue weighted by Crippen LogP contribution is -2.34. The third-order valence-electron chi connectivity index (χ3n) is 2.00. The summed E-state index contributed by atoms with van der Waals surface area (Å²) in [4.78, 5) is 13.4. The van der Waals surface area contributed by atoms with E-state index in [1.807, 2.05) is 6.92 Å². The molecule has 1 aromatic heterocycles. The highest BCUT2D eigenvalue weighted by atomic mass is 35.5. The molecule has 1 heterocycles. The summed E-state index contributed by atoms with van der Waals surface area (Å²) < 4.78 is 4.85. The number of nitrogens with zero attached hydrogens (tertiary/aromatic N) is 1. The van der Waals surface area contributed by atoms with E-state index in [-0.39, 0.29) is 17.7 Å². The minimum absolute atomic E-state index is 0.0544. The SMILES string of the molecule is CCCN(CCO)C(=O)c1ccoc1Cl. The van der Waals surface area contributed by atoms with Crippen LogP contribution in [0.5, 0.6) is 0 Å². The normalized spacial score (nSPS) is 10.3. The average molecular weight is 232 g/mol. The smallest absolute Gasteiger partial charge is 0.258 e. The molecule has 0 saturated heterocycles. The number of hydrogen-bond donors (Lipinski definition) is 1. The Bertz CT molecular complexity index is 318. The molecule has 15 heavy (non-hydrogen) atoms. The Labute approximate surface area is 93.4 Å². The van der Waals surface area contributed by atoms with E-state index in [0.717, 1.165) is 6.42 Å². The molecule has 0 aliphatic carbocycles. The van der Waals surface area contributed by atoms with Crippen LogP contribution in [0.4, 0.5) is 0 Å². The molecule has 5 heteroatoms. The van der Waals surface area contributed by atoms with Crippen LogP contribution >= 0.6 is 11.6 Å². The fourth-order valence-corrected chi connectivity index (χ4v) is 1.52. The summed E-state index contributed by atoms with van der Waals surface area (Å²) in [6.45, 7) is 2.82. The number of carbonyl (C=O) groups excluding carboxylic acids is 1. The summed E-state index contributed by atoms with van der Waals surface area (Å²) in [5.74, 6) is -0.204. The van der Waals surface area contributed by atoms with E-state index in [1.54, 1.807) is 4.90 Å². The van der Waals surface area contributed by atoms with Gasteiger partial charge in [0, 0.05) is 13.1 Å². The molecule has 0 unspecified atom stereocenters. The average Bonchev–Trinajstić information content (AvgIpc) is 2.63. The summed E-state index contributed by atoms with van der Waals surface area (Å²) in [5.41, 5.74) is 0.346. The zero-order valence-corrected chi connectivity index (χ0v) is 9.33. The summed E-state index contributed by atoms with van der Waals surface area (Å²) in [7, 11) is 0. The van der Waals surface area contributed by atoms with E-state index >= 15 is 0 Å². The number of carbonyl (C=O) groups is 1. The molecule has 84 valence electrons. The maximum atomic E-state index is 11.9. The minimum atomic E-state index is -0.204. The first kappa shape index (κ1) is 12.1. The van der Waals surface area contributed by atoms with Crippen molar-refractivity contribution in [1.29, 1.82) is 0 Å². The van der Waals surface area contributed by atoms with Crippen LogP contribution < -0.4 is 0 Å². The van der Waals surface area contributed by atoms with Gasteiger partial charge in [-0.2, -0.15) is 0 Å². The molecule has 0 fully saturated rings. The minimum Gasteiger partial charge on any atom is -0.452 e. The Hall–Kier alpha value is -1.00. The van der Waals surface area contributed by atoms with E-state index < -0.39 is 0 Å². The molecule has 1 N–H and O–H groups in total. The highest BCUT2D eigenvalue weighted by Crippen LogP contribution is 2.18. The van der Waals surface area contributed by atoms with Crippen molar-refractivity contribution < 1.29 is 14.3 Å². The zero-order valence-electron chi connectivity index (χ0n) is 8.57. The molecule has 0 bridgehead atoms. The van der Waals surface area contributed by atoms with Gasteiger partial charge in [-0.15, -0.1) is 0 Å². The van der Waals surface area contributed by atoms with Gasteiger partial charge in [0.1, 0.15) is 0 Å². The first-order valence-corrected chi connectivity index (χ1v) is 5.21. The van der Waals surface area contributed by atoms with Crippen LogP contribution in [0.2, 0.25) is 5.22 Å². The number of rotatable bonds is 5. The van der Waals surface area contributed by atoms with Crippen molar-refractivity contribution in [3.05, 3.63) is 23.1 Å². The number of furan rings is 1. The van der Waals surface area contributed by atoms with Crippen LogP contribution in [0.15, 0.2) is 16.7 Å². The van der Waals surface area contributed by atoms with Gasteiger partial charge in [0.25, 0.3) is 5.91 Å². The van der Waals surface area contributed by atoms with Crippen molar-refractivity contribution in [2.75, 3.05) is 19.7 Å². The summed E-state index contributed by atoms with van der Waals surface area (Å²) in [6.07, 6.45) is 2.21. The van der Waals surface area contributed by atoms with Gasteiger partial charge in [-0.05, 0) is 24.1 Å². The topological polar surface area (TPSA) is 53.7 Å². The largest absolute Gasteiger partial charge is 0.452 e. The monoisotopic (exact) mass is 231 g/mol. The molecule has 1 rings (SSSR count). The van der Waals surface area contributed by atoms with Gasteiger partial charge in [0.05, 0.1) is 18.4 Å². The van der Waals surface area contributed by atoms with Crippen molar-refractivity contribution in [3.8, 4) is 0 Å². The van der Waals surface area contributed by atoms with Crippen LogP contribution in [0.25, 0.3) is 0 Å². The Morgan fingerprint density at radius 1 is 1.60 bits per heavy atom. The van der Waals surface area contributed by atoms with Crippen LogP contribution in [0, 0.1) is 0 Å². The molecular weight excluding hydrogens is 218 g/mol. The Kier molecular flexibility index (Phi) is 4.65. The van der Waals surface area contributed by atoms with E-state index in [4.69, 9.17) is 21.1 Å². The fraction of sp³-hybridized carbons (Fsp3) is 0.500. The number of amides is 1. The number of aliphatic hydroxyl groups is 1. The lowest BCUT2D eigenvalue weighted by molar-refractivity contribution is 0.0721. The molecule has 0 aliphatic rings. The number of halogens is 1. The summed E-state index contributed by atoms with van der Waals surface area (Å²) in [5, 5.41) is 8.93. The van der Waals surface area contributed by atoms with Gasteiger partial charge in [0.2, 0.25) is 5.22 Å². The maximum Gasteiger partial charge on any atom is 0.258 e. The molecule has 0 saturated carbocycles. The summed E-state index contributed by atoms with van der Waals surface area (Å²) >= 11 is 5.70. The number of aliphatic hydroxyl groups excluding tert-OH is 1. The van der Waals surface area contributed by atoms with Crippen LogP contribution in [0.1, 0.15) is 23.7 Å². The Morgan fingerprint density at radius 2 is 2.33 bits per heavy atom. The van der Waals surface area contributed by atoms with E-state index in [0.29, 0.717) is 18.7 Å². The first-order chi connectivity index (χ1) is 7.20. The Morgan fingerprint density at radius 3 is 2.80 bits per heavy atom. The molecule has 0 aromatic carbocycles. The van der Waals surface area contributed by atoms with Gasteiger partial charge in [0.15, 0.2) is 0 Å². The third kappa shape index (κ3) is 2.97. The zero-order chi connectivity index (χ0) is 11.3. The van der Waals surface area contributed by atoms with Crippen molar-refractivity contribution in [2.45, 2.75) is 13.3 Å². The highest BCUT2D eigenvalue weighted by molar-refractivity contribution is 6.32. The second-order valence-corrected chi connectivity index (χ2v) is 3.47. The predicted molar refractivity (Wildman–Crippen MR) is 57.0 cm³/mol. The standard InChI is InChI=1S/C10H14ClNO3/c1-2-4-12(5-6-13)10(14)8-3-7-15-9(8)11/h3,7,13H,2,4-6H2,1H3. The molecule has 0 atom stereocenters.